The Kier molecular flexibility index (Phi) is 2.08. The minimum atomic E-state index is 0.692. The molecule has 2 N–H and O–H groups in total. The quantitative estimate of drug-likeness (QED) is 0.674. The first kappa shape index (κ1) is 8.34. The van der Waals surface area contributed by atoms with Crippen molar-refractivity contribution in [3.8, 4) is 12.3 Å². The molecule has 2 unspecified atom stereocenters. The monoisotopic (exact) mass is 171 g/mol. The van der Waals surface area contributed by atoms with Crippen LogP contribution < -0.4 is 5.73 Å². The van der Waals surface area contributed by atoms with Crippen LogP contribution in [0.5, 0.6) is 0 Å². The normalized spacial score (nSPS) is 25.2. The van der Waals surface area contributed by atoms with Crippen LogP contribution in [0.25, 0.3) is 0 Å². The topological polar surface area (TPSA) is 26.0 Å². The summed E-state index contributed by atoms with van der Waals surface area (Å²) in [6.45, 7) is 0.807. The molecule has 0 bridgehead atoms. The second-order valence-electron chi connectivity index (χ2n) is 3.60. The summed E-state index contributed by atoms with van der Waals surface area (Å²) in [6, 6.07) is 8.24. The number of rotatable bonds is 2. The predicted molar refractivity (Wildman–Crippen MR) is 54.3 cm³/mol. The minimum absolute atomic E-state index is 0.692. The van der Waals surface area contributed by atoms with Gasteiger partial charge in [0.25, 0.3) is 0 Å². The molecule has 0 aliphatic heterocycles. The minimum Gasteiger partial charge on any atom is -0.330 e. The molecule has 0 amide bonds. The third-order valence-electron chi connectivity index (χ3n) is 2.73. The Balaban J connectivity index is 2.12. The van der Waals surface area contributed by atoms with Gasteiger partial charge >= 0.3 is 0 Å². The van der Waals surface area contributed by atoms with Crippen molar-refractivity contribution in [2.24, 2.45) is 11.7 Å². The van der Waals surface area contributed by atoms with Crippen molar-refractivity contribution in [2.45, 2.75) is 12.3 Å². The van der Waals surface area contributed by atoms with Gasteiger partial charge in [-0.1, -0.05) is 18.1 Å². The third kappa shape index (κ3) is 1.59. The Morgan fingerprint density at radius 1 is 1.38 bits per heavy atom. The molecule has 0 radical (unpaired) electrons. The first-order chi connectivity index (χ1) is 6.35. The second-order valence-corrected chi connectivity index (χ2v) is 3.60. The van der Waals surface area contributed by atoms with E-state index in [1.807, 2.05) is 12.1 Å². The Morgan fingerprint density at radius 2 is 2.08 bits per heavy atom. The van der Waals surface area contributed by atoms with Crippen LogP contribution in [0, 0.1) is 18.3 Å². The molecule has 1 aromatic carbocycles. The van der Waals surface area contributed by atoms with E-state index in [-0.39, 0.29) is 0 Å². The fraction of sp³-hybridized carbons (Fsp3) is 0.333. The summed E-state index contributed by atoms with van der Waals surface area (Å²) >= 11 is 0. The molecule has 1 fully saturated rings. The standard InChI is InChI=1S/C12H13N/c1-2-9-3-5-10(6-4-9)12-7-11(12)8-13/h1,3-6,11-12H,7-8,13H2. The highest BCUT2D eigenvalue weighted by Gasteiger charge is 2.36. The smallest absolute Gasteiger partial charge is 0.0242 e. The van der Waals surface area contributed by atoms with Gasteiger partial charge in [0.15, 0.2) is 0 Å². The molecule has 13 heavy (non-hydrogen) atoms. The Morgan fingerprint density at radius 3 is 2.54 bits per heavy atom. The lowest BCUT2D eigenvalue weighted by molar-refractivity contribution is 0.810. The Bertz CT molecular complexity index is 331. The zero-order chi connectivity index (χ0) is 9.26. The fourth-order valence-corrected chi connectivity index (χ4v) is 1.74. The van der Waals surface area contributed by atoms with Crippen LogP contribution in [0.15, 0.2) is 24.3 Å². The summed E-state index contributed by atoms with van der Waals surface area (Å²) in [5.41, 5.74) is 7.92. The third-order valence-corrected chi connectivity index (χ3v) is 2.73. The first-order valence-electron chi connectivity index (χ1n) is 4.62. The SMILES string of the molecule is C#Cc1ccc(C2CC2CN)cc1. The van der Waals surface area contributed by atoms with Crippen molar-refractivity contribution in [1.82, 2.24) is 0 Å². The van der Waals surface area contributed by atoms with Crippen LogP contribution in [0.2, 0.25) is 0 Å². The number of nitrogens with two attached hydrogens (primary N) is 1. The predicted octanol–water partition coefficient (Wildman–Crippen LogP) is 1.73. The molecule has 1 aliphatic carbocycles. The molecular formula is C12H13N. The average molecular weight is 171 g/mol. The molecule has 1 saturated carbocycles. The molecule has 2 atom stereocenters. The Labute approximate surface area is 79.0 Å². The lowest BCUT2D eigenvalue weighted by atomic mass is 10.1. The van der Waals surface area contributed by atoms with Gasteiger partial charge in [-0.05, 0) is 42.5 Å². The van der Waals surface area contributed by atoms with Crippen molar-refractivity contribution in [2.75, 3.05) is 6.54 Å². The van der Waals surface area contributed by atoms with Gasteiger partial charge in [-0.2, -0.15) is 0 Å². The number of hydrogen-bond acceptors (Lipinski definition) is 1. The highest BCUT2D eigenvalue weighted by atomic mass is 14.6. The van der Waals surface area contributed by atoms with E-state index >= 15 is 0 Å². The number of benzene rings is 1. The van der Waals surface area contributed by atoms with Crippen molar-refractivity contribution >= 4 is 0 Å². The molecule has 0 aromatic heterocycles. The molecular weight excluding hydrogens is 158 g/mol. The zero-order valence-electron chi connectivity index (χ0n) is 7.53. The highest BCUT2D eigenvalue weighted by molar-refractivity contribution is 5.37. The van der Waals surface area contributed by atoms with Gasteiger partial charge in [0.1, 0.15) is 0 Å². The van der Waals surface area contributed by atoms with E-state index in [0.29, 0.717) is 11.8 Å². The van der Waals surface area contributed by atoms with Crippen molar-refractivity contribution in [3.63, 3.8) is 0 Å². The molecule has 2 rings (SSSR count). The average Bonchev–Trinajstić information content (AvgIpc) is 2.97. The molecule has 1 heteroatoms. The van der Waals surface area contributed by atoms with Gasteiger partial charge in [0, 0.05) is 5.56 Å². The molecule has 66 valence electrons. The van der Waals surface area contributed by atoms with Gasteiger partial charge in [0.2, 0.25) is 0 Å². The summed E-state index contributed by atoms with van der Waals surface area (Å²) in [7, 11) is 0. The maximum atomic E-state index is 5.59. The lowest BCUT2D eigenvalue weighted by Gasteiger charge is -1.98. The van der Waals surface area contributed by atoms with Crippen LogP contribution in [0.4, 0.5) is 0 Å². The van der Waals surface area contributed by atoms with E-state index in [4.69, 9.17) is 12.2 Å². The van der Waals surface area contributed by atoms with Gasteiger partial charge in [-0.3, -0.25) is 0 Å². The highest BCUT2D eigenvalue weighted by Crippen LogP contribution is 2.46. The van der Waals surface area contributed by atoms with E-state index in [0.717, 1.165) is 12.1 Å². The summed E-state index contributed by atoms with van der Waals surface area (Å²) in [5, 5.41) is 0. The summed E-state index contributed by atoms with van der Waals surface area (Å²) < 4.78 is 0. The van der Waals surface area contributed by atoms with E-state index in [9.17, 15) is 0 Å². The van der Waals surface area contributed by atoms with E-state index < -0.39 is 0 Å². The molecule has 0 saturated heterocycles. The lowest BCUT2D eigenvalue weighted by Crippen LogP contribution is -2.01. The van der Waals surface area contributed by atoms with Crippen molar-refractivity contribution in [3.05, 3.63) is 35.4 Å². The maximum absolute atomic E-state index is 5.59. The van der Waals surface area contributed by atoms with Crippen LogP contribution in [0.1, 0.15) is 23.5 Å². The van der Waals surface area contributed by atoms with E-state index in [1.165, 1.54) is 12.0 Å². The van der Waals surface area contributed by atoms with E-state index in [2.05, 4.69) is 18.1 Å². The first-order valence-corrected chi connectivity index (χ1v) is 4.62. The van der Waals surface area contributed by atoms with Crippen LogP contribution >= 0.6 is 0 Å². The molecule has 0 spiro atoms. The summed E-state index contributed by atoms with van der Waals surface area (Å²) in [4.78, 5) is 0. The van der Waals surface area contributed by atoms with Crippen LogP contribution in [-0.2, 0) is 0 Å². The number of terminal acetylenes is 1. The number of hydrogen-bond donors (Lipinski definition) is 1. The van der Waals surface area contributed by atoms with E-state index in [1.54, 1.807) is 0 Å². The van der Waals surface area contributed by atoms with Crippen LogP contribution in [-0.4, -0.2) is 6.54 Å². The molecule has 0 heterocycles. The molecule has 1 aliphatic rings. The Hall–Kier alpha value is -1.26. The maximum Gasteiger partial charge on any atom is 0.0242 e. The molecule has 1 aromatic rings. The largest absolute Gasteiger partial charge is 0.330 e. The van der Waals surface area contributed by atoms with Gasteiger partial charge in [0.05, 0.1) is 0 Å². The van der Waals surface area contributed by atoms with Gasteiger partial charge < -0.3 is 5.73 Å². The zero-order valence-corrected chi connectivity index (χ0v) is 7.53. The summed E-state index contributed by atoms with van der Waals surface area (Å²) in [5.74, 6) is 4.01. The van der Waals surface area contributed by atoms with Gasteiger partial charge in [-0.15, -0.1) is 6.42 Å². The second kappa shape index (κ2) is 3.24. The molecule has 1 nitrogen and oxygen atoms in total. The van der Waals surface area contributed by atoms with Crippen molar-refractivity contribution in [1.29, 1.82) is 0 Å². The fourth-order valence-electron chi connectivity index (χ4n) is 1.74. The van der Waals surface area contributed by atoms with Crippen LogP contribution in [0.3, 0.4) is 0 Å². The summed E-state index contributed by atoms with van der Waals surface area (Å²) in [6.07, 6.45) is 6.52. The van der Waals surface area contributed by atoms with Gasteiger partial charge in [-0.25, -0.2) is 0 Å². The van der Waals surface area contributed by atoms with Crippen molar-refractivity contribution < 1.29 is 0 Å².